The molecule has 0 saturated carbocycles. The normalized spacial score (nSPS) is 14.8. The summed E-state index contributed by atoms with van der Waals surface area (Å²) in [6.45, 7) is 1.94. The molecule has 1 aromatic rings. The van der Waals surface area contributed by atoms with Gasteiger partial charge in [0.2, 0.25) is 5.91 Å². The van der Waals surface area contributed by atoms with Crippen LogP contribution in [-0.2, 0) is 4.79 Å². The average molecular weight is 276 g/mol. The maximum Gasteiger partial charge on any atom is 0.269 e. The number of rotatable bonds is 4. The maximum absolute atomic E-state index is 12.0. The molecule has 0 spiro atoms. The largest absolute Gasteiger partial charge is 0.376 e. The molecule has 2 rings (SSSR count). The second-order valence-corrected chi connectivity index (χ2v) is 4.80. The SMILES string of the molecule is CNC(=O)c1cc(NCC(=O)N2CCCCC2)ccn1. The highest BCUT2D eigenvalue weighted by atomic mass is 16.2. The van der Waals surface area contributed by atoms with E-state index in [0.29, 0.717) is 5.69 Å². The topological polar surface area (TPSA) is 74.3 Å². The molecule has 1 fully saturated rings. The predicted octanol–water partition coefficient (Wildman–Crippen LogP) is 0.866. The second-order valence-electron chi connectivity index (χ2n) is 4.80. The van der Waals surface area contributed by atoms with Gasteiger partial charge in [-0.3, -0.25) is 14.6 Å². The van der Waals surface area contributed by atoms with Gasteiger partial charge in [-0.05, 0) is 31.4 Å². The zero-order chi connectivity index (χ0) is 14.4. The van der Waals surface area contributed by atoms with Crippen LogP contribution < -0.4 is 10.6 Å². The number of pyridine rings is 1. The fourth-order valence-electron chi connectivity index (χ4n) is 2.23. The number of hydrogen-bond acceptors (Lipinski definition) is 4. The second kappa shape index (κ2) is 6.88. The lowest BCUT2D eigenvalue weighted by molar-refractivity contribution is -0.130. The highest BCUT2D eigenvalue weighted by molar-refractivity contribution is 5.93. The van der Waals surface area contributed by atoms with Crippen LogP contribution in [-0.4, -0.2) is 48.4 Å². The van der Waals surface area contributed by atoms with E-state index in [4.69, 9.17) is 0 Å². The Morgan fingerprint density at radius 2 is 2.05 bits per heavy atom. The number of nitrogens with one attached hydrogen (secondary N) is 2. The molecule has 1 aliphatic heterocycles. The molecule has 20 heavy (non-hydrogen) atoms. The fourth-order valence-corrected chi connectivity index (χ4v) is 2.23. The molecule has 108 valence electrons. The van der Waals surface area contributed by atoms with E-state index in [-0.39, 0.29) is 18.4 Å². The number of aromatic nitrogens is 1. The van der Waals surface area contributed by atoms with Crippen molar-refractivity contribution in [2.45, 2.75) is 19.3 Å². The van der Waals surface area contributed by atoms with Crippen LogP contribution in [0.15, 0.2) is 18.3 Å². The van der Waals surface area contributed by atoms with Crippen molar-refractivity contribution in [2.75, 3.05) is 32.0 Å². The van der Waals surface area contributed by atoms with Gasteiger partial charge in [-0.15, -0.1) is 0 Å². The predicted molar refractivity (Wildman–Crippen MR) is 76.5 cm³/mol. The van der Waals surface area contributed by atoms with E-state index in [1.165, 1.54) is 6.42 Å². The summed E-state index contributed by atoms with van der Waals surface area (Å²) < 4.78 is 0. The molecule has 6 heteroatoms. The Bertz CT molecular complexity index is 484. The monoisotopic (exact) mass is 276 g/mol. The van der Waals surface area contributed by atoms with Crippen LogP contribution >= 0.6 is 0 Å². The molecule has 1 saturated heterocycles. The molecule has 1 aliphatic rings. The minimum Gasteiger partial charge on any atom is -0.376 e. The third-order valence-corrected chi connectivity index (χ3v) is 3.37. The van der Waals surface area contributed by atoms with Gasteiger partial charge in [0, 0.05) is 32.0 Å². The summed E-state index contributed by atoms with van der Waals surface area (Å²) >= 11 is 0. The van der Waals surface area contributed by atoms with Gasteiger partial charge in [-0.1, -0.05) is 0 Å². The summed E-state index contributed by atoms with van der Waals surface area (Å²) in [7, 11) is 1.56. The van der Waals surface area contributed by atoms with Crippen molar-refractivity contribution >= 4 is 17.5 Å². The van der Waals surface area contributed by atoms with Gasteiger partial charge >= 0.3 is 0 Å². The first-order chi connectivity index (χ1) is 9.70. The number of likely N-dealkylation sites (tertiary alicyclic amines) is 1. The fraction of sp³-hybridized carbons (Fsp3) is 0.500. The van der Waals surface area contributed by atoms with Crippen molar-refractivity contribution in [3.8, 4) is 0 Å². The van der Waals surface area contributed by atoms with E-state index in [9.17, 15) is 9.59 Å². The Morgan fingerprint density at radius 1 is 1.30 bits per heavy atom. The number of carbonyl (C=O) groups is 2. The molecule has 1 aromatic heterocycles. The van der Waals surface area contributed by atoms with E-state index in [0.717, 1.165) is 31.6 Å². The Labute approximate surface area is 118 Å². The van der Waals surface area contributed by atoms with Crippen LogP contribution in [0.3, 0.4) is 0 Å². The Balaban J connectivity index is 1.90. The number of amides is 2. The van der Waals surface area contributed by atoms with E-state index in [2.05, 4.69) is 15.6 Å². The molecular formula is C14H20N4O2. The first-order valence-corrected chi connectivity index (χ1v) is 6.90. The molecular weight excluding hydrogens is 256 g/mol. The Hall–Kier alpha value is -2.11. The first-order valence-electron chi connectivity index (χ1n) is 6.90. The first kappa shape index (κ1) is 14.3. The van der Waals surface area contributed by atoms with Crippen molar-refractivity contribution in [3.63, 3.8) is 0 Å². The van der Waals surface area contributed by atoms with Gasteiger partial charge in [0.05, 0.1) is 6.54 Å². The summed E-state index contributed by atoms with van der Waals surface area (Å²) in [5.41, 5.74) is 1.06. The van der Waals surface area contributed by atoms with Gasteiger partial charge in [0.15, 0.2) is 0 Å². The molecule has 0 aromatic carbocycles. The van der Waals surface area contributed by atoms with E-state index in [1.54, 1.807) is 25.4 Å². The zero-order valence-electron chi connectivity index (χ0n) is 11.7. The van der Waals surface area contributed by atoms with Crippen LogP contribution in [0.2, 0.25) is 0 Å². The van der Waals surface area contributed by atoms with Crippen molar-refractivity contribution in [3.05, 3.63) is 24.0 Å². The van der Waals surface area contributed by atoms with Gasteiger partial charge in [0.25, 0.3) is 5.91 Å². The van der Waals surface area contributed by atoms with Crippen LogP contribution in [0.5, 0.6) is 0 Å². The van der Waals surface area contributed by atoms with E-state index >= 15 is 0 Å². The lowest BCUT2D eigenvalue weighted by atomic mass is 10.1. The Morgan fingerprint density at radius 3 is 2.75 bits per heavy atom. The summed E-state index contributed by atoms with van der Waals surface area (Å²) in [5.74, 6) is -0.140. The smallest absolute Gasteiger partial charge is 0.269 e. The molecule has 0 atom stereocenters. The molecule has 2 amide bonds. The third-order valence-electron chi connectivity index (χ3n) is 3.37. The molecule has 2 heterocycles. The van der Waals surface area contributed by atoms with Crippen molar-refractivity contribution in [1.29, 1.82) is 0 Å². The molecule has 0 bridgehead atoms. The van der Waals surface area contributed by atoms with Crippen LogP contribution in [0, 0.1) is 0 Å². The molecule has 2 N–H and O–H groups in total. The number of carbonyl (C=O) groups excluding carboxylic acids is 2. The summed E-state index contributed by atoms with van der Waals surface area (Å²) in [4.78, 5) is 29.4. The van der Waals surface area contributed by atoms with Crippen LogP contribution in [0.4, 0.5) is 5.69 Å². The van der Waals surface area contributed by atoms with Crippen molar-refractivity contribution in [1.82, 2.24) is 15.2 Å². The van der Waals surface area contributed by atoms with Gasteiger partial charge < -0.3 is 15.5 Å². The highest BCUT2D eigenvalue weighted by Crippen LogP contribution is 2.10. The summed E-state index contributed by atoms with van der Waals surface area (Å²) in [5, 5.41) is 5.57. The van der Waals surface area contributed by atoms with E-state index in [1.807, 2.05) is 4.90 Å². The molecule has 6 nitrogen and oxygen atoms in total. The molecule has 0 unspecified atom stereocenters. The summed E-state index contributed by atoms with van der Waals surface area (Å²) in [6.07, 6.45) is 4.93. The lowest BCUT2D eigenvalue weighted by Gasteiger charge is -2.26. The van der Waals surface area contributed by atoms with Crippen LogP contribution in [0.25, 0.3) is 0 Å². The van der Waals surface area contributed by atoms with Crippen molar-refractivity contribution in [2.24, 2.45) is 0 Å². The van der Waals surface area contributed by atoms with Gasteiger partial charge in [-0.25, -0.2) is 0 Å². The maximum atomic E-state index is 12.0. The highest BCUT2D eigenvalue weighted by Gasteiger charge is 2.16. The average Bonchev–Trinajstić information content (AvgIpc) is 2.53. The number of hydrogen-bond donors (Lipinski definition) is 2. The standard InChI is InChI=1S/C14H20N4O2/c1-15-14(20)12-9-11(5-6-16-12)17-10-13(19)18-7-3-2-4-8-18/h5-6,9H,2-4,7-8,10H2,1H3,(H,15,20)(H,16,17). The Kier molecular flexibility index (Phi) is 4.92. The third kappa shape index (κ3) is 3.69. The quantitative estimate of drug-likeness (QED) is 0.855. The minimum atomic E-state index is -0.240. The molecule has 0 aliphatic carbocycles. The number of piperidine rings is 1. The molecule has 0 radical (unpaired) electrons. The minimum absolute atomic E-state index is 0.100. The number of anilines is 1. The van der Waals surface area contributed by atoms with Crippen molar-refractivity contribution < 1.29 is 9.59 Å². The van der Waals surface area contributed by atoms with Gasteiger partial charge in [-0.2, -0.15) is 0 Å². The zero-order valence-corrected chi connectivity index (χ0v) is 11.7. The lowest BCUT2D eigenvalue weighted by Crippen LogP contribution is -2.39. The summed E-state index contributed by atoms with van der Waals surface area (Å²) in [6, 6.07) is 3.39. The van der Waals surface area contributed by atoms with Crippen LogP contribution in [0.1, 0.15) is 29.8 Å². The van der Waals surface area contributed by atoms with Gasteiger partial charge in [0.1, 0.15) is 5.69 Å². The number of nitrogens with zero attached hydrogens (tertiary/aromatic N) is 2. The van der Waals surface area contributed by atoms with E-state index < -0.39 is 0 Å².